The topological polar surface area (TPSA) is 98.7 Å². The van der Waals surface area contributed by atoms with Crippen LogP contribution in [0.4, 0.5) is 0 Å². The summed E-state index contributed by atoms with van der Waals surface area (Å²) >= 11 is 0. The first-order valence-electron chi connectivity index (χ1n) is 8.58. The van der Waals surface area contributed by atoms with Crippen molar-refractivity contribution in [2.24, 2.45) is 0 Å². The molecule has 2 aromatic carbocycles. The Kier molecular flexibility index (Phi) is 4.29. The lowest BCUT2D eigenvalue weighted by Gasteiger charge is -2.26. The molecule has 2 heterocycles. The average Bonchev–Trinajstić information content (AvgIpc) is 3.22. The van der Waals surface area contributed by atoms with Crippen LogP contribution in [0.5, 0.6) is 11.5 Å². The van der Waals surface area contributed by atoms with Gasteiger partial charge in [0.05, 0.1) is 19.8 Å². The summed E-state index contributed by atoms with van der Waals surface area (Å²) in [5, 5.41) is 26.9. The van der Waals surface area contributed by atoms with Gasteiger partial charge in [-0.1, -0.05) is 24.3 Å². The van der Waals surface area contributed by atoms with Crippen molar-refractivity contribution in [2.45, 2.75) is 6.04 Å². The van der Waals surface area contributed by atoms with Crippen molar-refractivity contribution in [3.63, 3.8) is 0 Å². The second-order valence-electron chi connectivity index (χ2n) is 6.28. The van der Waals surface area contributed by atoms with E-state index < -0.39 is 6.04 Å². The monoisotopic (exact) mass is 365 g/mol. The van der Waals surface area contributed by atoms with Crippen molar-refractivity contribution in [2.75, 3.05) is 20.3 Å². The molecule has 0 fully saturated rings. The first-order valence-corrected chi connectivity index (χ1v) is 8.58. The van der Waals surface area contributed by atoms with Gasteiger partial charge >= 0.3 is 0 Å². The maximum absolute atomic E-state index is 12.9. The predicted molar refractivity (Wildman–Crippen MR) is 98.6 cm³/mol. The smallest absolute Gasteiger partial charge is 0.273 e. The van der Waals surface area contributed by atoms with Gasteiger partial charge in [0, 0.05) is 17.7 Å². The SMILES string of the molecule is COc1cccc([C@H]2c3c(-c4ccccc4O)n[nH]c3C(=O)N2CCO)c1. The quantitative estimate of drug-likeness (QED) is 0.645. The number of benzene rings is 2. The number of aromatic nitrogens is 2. The highest BCUT2D eigenvalue weighted by Crippen LogP contribution is 2.44. The number of phenols is 1. The number of aromatic amines is 1. The summed E-state index contributed by atoms with van der Waals surface area (Å²) in [5.74, 6) is 0.523. The number of carbonyl (C=O) groups excluding carboxylic acids is 1. The van der Waals surface area contributed by atoms with Gasteiger partial charge in [-0.3, -0.25) is 9.89 Å². The molecule has 0 radical (unpaired) electrons. The van der Waals surface area contributed by atoms with E-state index >= 15 is 0 Å². The maximum Gasteiger partial charge on any atom is 0.273 e. The molecule has 0 spiro atoms. The normalized spacial score (nSPS) is 15.9. The van der Waals surface area contributed by atoms with Crippen molar-refractivity contribution in [1.29, 1.82) is 0 Å². The number of carbonyl (C=O) groups is 1. The third kappa shape index (κ3) is 2.72. The predicted octanol–water partition coefficient (Wildman–Crippen LogP) is 2.33. The lowest BCUT2D eigenvalue weighted by molar-refractivity contribution is 0.0706. The third-order valence-electron chi connectivity index (χ3n) is 4.77. The van der Waals surface area contributed by atoms with Gasteiger partial charge in [0.25, 0.3) is 5.91 Å². The highest BCUT2D eigenvalue weighted by molar-refractivity contribution is 6.00. The molecular weight excluding hydrogens is 346 g/mol. The van der Waals surface area contributed by atoms with Crippen molar-refractivity contribution in [3.8, 4) is 22.8 Å². The number of methoxy groups -OCH3 is 1. The molecule has 1 amide bonds. The second kappa shape index (κ2) is 6.77. The van der Waals surface area contributed by atoms with Crippen LogP contribution in [-0.4, -0.2) is 51.5 Å². The van der Waals surface area contributed by atoms with E-state index in [-0.39, 0.29) is 24.8 Å². The number of ether oxygens (including phenoxy) is 1. The Morgan fingerprint density at radius 2 is 2.04 bits per heavy atom. The molecule has 27 heavy (non-hydrogen) atoms. The molecular formula is C20H19N3O4. The Hall–Kier alpha value is -3.32. The van der Waals surface area contributed by atoms with Crippen molar-refractivity contribution >= 4 is 5.91 Å². The van der Waals surface area contributed by atoms with E-state index in [1.54, 1.807) is 36.3 Å². The fourth-order valence-corrected chi connectivity index (χ4v) is 3.57. The van der Waals surface area contributed by atoms with E-state index in [4.69, 9.17) is 4.74 Å². The number of aliphatic hydroxyl groups is 1. The van der Waals surface area contributed by atoms with Gasteiger partial charge in [0.15, 0.2) is 0 Å². The number of aromatic hydroxyl groups is 1. The van der Waals surface area contributed by atoms with Crippen LogP contribution in [0, 0.1) is 0 Å². The van der Waals surface area contributed by atoms with Gasteiger partial charge in [0.2, 0.25) is 0 Å². The molecule has 1 aliphatic heterocycles. The van der Waals surface area contributed by atoms with Crippen molar-refractivity contribution in [1.82, 2.24) is 15.1 Å². The summed E-state index contributed by atoms with van der Waals surface area (Å²) in [7, 11) is 1.58. The summed E-state index contributed by atoms with van der Waals surface area (Å²) < 4.78 is 5.32. The number of amides is 1. The van der Waals surface area contributed by atoms with Crippen molar-refractivity contribution in [3.05, 3.63) is 65.4 Å². The summed E-state index contributed by atoms with van der Waals surface area (Å²) in [5.41, 5.74) is 2.96. The minimum absolute atomic E-state index is 0.0873. The molecule has 0 saturated carbocycles. The lowest BCUT2D eigenvalue weighted by Crippen LogP contribution is -2.32. The molecule has 4 rings (SSSR count). The van der Waals surface area contributed by atoms with Crippen molar-refractivity contribution < 1.29 is 19.7 Å². The largest absolute Gasteiger partial charge is 0.507 e. The number of H-pyrrole nitrogens is 1. The number of nitrogens with zero attached hydrogens (tertiary/aromatic N) is 2. The lowest BCUT2D eigenvalue weighted by atomic mass is 9.95. The van der Waals surface area contributed by atoms with E-state index in [1.807, 2.05) is 24.3 Å². The van der Waals surface area contributed by atoms with Crippen LogP contribution in [0.2, 0.25) is 0 Å². The number of para-hydroxylation sites is 1. The van der Waals surface area contributed by atoms with Gasteiger partial charge < -0.3 is 19.8 Å². The number of β-amino-alcohol motifs (C(OH)–C–C–N with tert-alkyl or cyclic N) is 1. The molecule has 7 nitrogen and oxygen atoms in total. The summed E-state index contributed by atoms with van der Waals surface area (Å²) in [4.78, 5) is 14.5. The highest BCUT2D eigenvalue weighted by Gasteiger charge is 2.42. The standard InChI is InChI=1S/C20H19N3O4/c1-27-13-6-4-5-12(11-13)19-16-17(14-7-2-3-8-15(14)25)21-22-18(16)20(26)23(19)9-10-24/h2-8,11,19,24-25H,9-10H2,1H3,(H,21,22)/t19-/m0/s1. The van der Waals surface area contributed by atoms with E-state index in [0.29, 0.717) is 28.3 Å². The van der Waals surface area contributed by atoms with Crippen LogP contribution in [0.25, 0.3) is 11.3 Å². The molecule has 3 aromatic rings. The fraction of sp³-hybridized carbons (Fsp3) is 0.200. The second-order valence-corrected chi connectivity index (χ2v) is 6.28. The minimum atomic E-state index is -0.442. The van der Waals surface area contributed by atoms with E-state index in [0.717, 1.165) is 5.56 Å². The summed E-state index contributed by atoms with van der Waals surface area (Å²) in [6.07, 6.45) is 0. The van der Waals surface area contributed by atoms with E-state index in [1.165, 1.54) is 0 Å². The molecule has 1 atom stereocenters. The molecule has 0 bridgehead atoms. The van der Waals surface area contributed by atoms with Gasteiger partial charge in [-0.05, 0) is 29.8 Å². The van der Waals surface area contributed by atoms with Crippen LogP contribution in [-0.2, 0) is 0 Å². The first kappa shape index (κ1) is 17.1. The Morgan fingerprint density at radius 1 is 1.22 bits per heavy atom. The number of hydrogen-bond acceptors (Lipinski definition) is 5. The first-order chi connectivity index (χ1) is 13.2. The number of nitrogens with one attached hydrogen (secondary N) is 1. The molecule has 7 heteroatoms. The summed E-state index contributed by atoms with van der Waals surface area (Å²) in [6.45, 7) is 0.0271. The van der Waals surface area contributed by atoms with E-state index in [2.05, 4.69) is 10.2 Å². The van der Waals surface area contributed by atoms with Crippen LogP contribution < -0.4 is 4.74 Å². The van der Waals surface area contributed by atoms with Gasteiger partial charge in [0.1, 0.15) is 22.9 Å². The Bertz CT molecular complexity index is 998. The Labute approximate surface area is 155 Å². The Balaban J connectivity index is 1.91. The fourth-order valence-electron chi connectivity index (χ4n) is 3.57. The third-order valence-corrected chi connectivity index (χ3v) is 4.77. The zero-order valence-electron chi connectivity index (χ0n) is 14.7. The Morgan fingerprint density at radius 3 is 2.78 bits per heavy atom. The molecule has 138 valence electrons. The number of fused-ring (bicyclic) bond motifs is 1. The van der Waals surface area contributed by atoms with E-state index in [9.17, 15) is 15.0 Å². The van der Waals surface area contributed by atoms with Crippen LogP contribution in [0.3, 0.4) is 0 Å². The van der Waals surface area contributed by atoms with Gasteiger partial charge in [-0.15, -0.1) is 0 Å². The van der Waals surface area contributed by atoms with Gasteiger partial charge in [-0.2, -0.15) is 5.10 Å². The maximum atomic E-state index is 12.9. The molecule has 1 aromatic heterocycles. The van der Waals surface area contributed by atoms with Crippen LogP contribution in [0.1, 0.15) is 27.7 Å². The highest BCUT2D eigenvalue weighted by atomic mass is 16.5. The number of phenolic OH excluding ortho intramolecular Hbond substituents is 1. The zero-order chi connectivity index (χ0) is 19.0. The molecule has 1 aliphatic rings. The molecule has 3 N–H and O–H groups in total. The number of hydrogen-bond donors (Lipinski definition) is 3. The van der Waals surface area contributed by atoms with Crippen LogP contribution >= 0.6 is 0 Å². The number of rotatable bonds is 5. The zero-order valence-corrected chi connectivity index (χ0v) is 14.7. The minimum Gasteiger partial charge on any atom is -0.507 e. The molecule has 0 unspecified atom stereocenters. The number of aliphatic hydroxyl groups excluding tert-OH is 1. The molecule has 0 aliphatic carbocycles. The van der Waals surface area contributed by atoms with Crippen LogP contribution in [0.15, 0.2) is 48.5 Å². The average molecular weight is 365 g/mol. The summed E-state index contributed by atoms with van der Waals surface area (Å²) in [6, 6.07) is 13.9. The molecule has 0 saturated heterocycles. The van der Waals surface area contributed by atoms with Gasteiger partial charge in [-0.25, -0.2) is 0 Å².